The summed E-state index contributed by atoms with van der Waals surface area (Å²) in [5.74, 6) is 0.207. The molecule has 1 aliphatic carbocycles. The van der Waals surface area contributed by atoms with Gasteiger partial charge in [0.2, 0.25) is 5.91 Å². The van der Waals surface area contributed by atoms with Crippen LogP contribution in [-0.4, -0.2) is 15.3 Å². The van der Waals surface area contributed by atoms with Gasteiger partial charge in [0, 0.05) is 18.2 Å². The maximum absolute atomic E-state index is 13.3. The zero-order valence-electron chi connectivity index (χ0n) is 8.78. The lowest BCUT2D eigenvalue weighted by molar-refractivity contribution is -0.117. The fourth-order valence-electron chi connectivity index (χ4n) is 1.62. The average molecular weight is 298 g/mol. The Balaban J connectivity index is 1.93. The monoisotopic (exact) mass is 297 g/mol. The number of anilines is 1. The summed E-state index contributed by atoms with van der Waals surface area (Å²) in [5.41, 5.74) is 0.469. The molecule has 0 aliphatic heterocycles. The van der Waals surface area contributed by atoms with Gasteiger partial charge < -0.3 is 9.72 Å². The van der Waals surface area contributed by atoms with Gasteiger partial charge in [-0.3, -0.25) is 4.79 Å². The van der Waals surface area contributed by atoms with Crippen LogP contribution < -0.4 is 5.32 Å². The van der Waals surface area contributed by atoms with E-state index in [0.29, 0.717) is 15.9 Å². The molecule has 0 spiro atoms. The molecule has 1 N–H and O–H groups in total. The molecule has 1 amide bonds. The van der Waals surface area contributed by atoms with Crippen LogP contribution >= 0.6 is 15.9 Å². The fourth-order valence-corrected chi connectivity index (χ4v) is 1.95. The van der Waals surface area contributed by atoms with E-state index >= 15 is 0 Å². The average Bonchev–Trinajstić information content (AvgIpc) is 3.04. The third kappa shape index (κ3) is 2.04. The number of hydrogen-bond acceptors (Lipinski definition) is 2. The van der Waals surface area contributed by atoms with E-state index in [0.717, 1.165) is 12.8 Å². The van der Waals surface area contributed by atoms with Gasteiger partial charge in [0.25, 0.3) is 0 Å². The van der Waals surface area contributed by atoms with Gasteiger partial charge in [0.05, 0.1) is 10.7 Å². The van der Waals surface area contributed by atoms with Crippen LogP contribution in [0.15, 0.2) is 22.9 Å². The minimum atomic E-state index is -0.372. The van der Waals surface area contributed by atoms with Gasteiger partial charge in [-0.2, -0.15) is 0 Å². The molecule has 0 aromatic carbocycles. The van der Waals surface area contributed by atoms with Crippen molar-refractivity contribution in [2.75, 3.05) is 5.32 Å². The number of halogens is 2. The number of nitrogens with zero attached hydrogens (tertiary/aromatic N) is 2. The van der Waals surface area contributed by atoms with Crippen molar-refractivity contribution in [2.45, 2.75) is 12.8 Å². The highest BCUT2D eigenvalue weighted by Crippen LogP contribution is 2.30. The summed E-state index contributed by atoms with van der Waals surface area (Å²) >= 11 is 3.10. The number of rotatable bonds is 2. The van der Waals surface area contributed by atoms with Crippen LogP contribution in [0.5, 0.6) is 0 Å². The Bertz CT molecular complexity index is 567. The second-order valence-corrected chi connectivity index (χ2v) is 4.98. The van der Waals surface area contributed by atoms with Gasteiger partial charge in [-0.15, -0.1) is 0 Å². The van der Waals surface area contributed by atoms with E-state index in [-0.39, 0.29) is 17.6 Å². The quantitative estimate of drug-likeness (QED) is 0.926. The van der Waals surface area contributed by atoms with Crippen molar-refractivity contribution in [3.05, 3.63) is 28.7 Å². The van der Waals surface area contributed by atoms with Gasteiger partial charge in [0.15, 0.2) is 5.82 Å². The van der Waals surface area contributed by atoms with Gasteiger partial charge in [-0.05, 0) is 28.8 Å². The van der Waals surface area contributed by atoms with Crippen LogP contribution in [0.4, 0.5) is 10.2 Å². The molecule has 4 nitrogen and oxygen atoms in total. The predicted octanol–water partition coefficient (Wildman–Crippen LogP) is 2.58. The topological polar surface area (TPSA) is 46.4 Å². The summed E-state index contributed by atoms with van der Waals surface area (Å²) in [6.07, 6.45) is 5.13. The molecule has 2 aromatic heterocycles. The van der Waals surface area contributed by atoms with E-state index in [1.54, 1.807) is 16.8 Å². The number of hydrogen-bond donors (Lipinski definition) is 1. The SMILES string of the molecule is O=C(Nc1cn2cc(Br)c(F)cc2n1)C1CC1. The van der Waals surface area contributed by atoms with Crippen LogP contribution in [0, 0.1) is 11.7 Å². The zero-order valence-corrected chi connectivity index (χ0v) is 10.4. The Hall–Kier alpha value is -1.43. The summed E-state index contributed by atoms with van der Waals surface area (Å²) in [7, 11) is 0. The Labute approximate surface area is 105 Å². The second kappa shape index (κ2) is 3.80. The summed E-state index contributed by atoms with van der Waals surface area (Å²) < 4.78 is 15.3. The smallest absolute Gasteiger partial charge is 0.228 e. The Morgan fingerprint density at radius 1 is 1.53 bits per heavy atom. The van der Waals surface area contributed by atoms with Gasteiger partial charge in [0.1, 0.15) is 11.5 Å². The third-order valence-corrected chi connectivity index (χ3v) is 3.28. The van der Waals surface area contributed by atoms with Crippen LogP contribution in [0.1, 0.15) is 12.8 Å². The normalized spacial score (nSPS) is 15.2. The lowest BCUT2D eigenvalue weighted by Crippen LogP contribution is -2.13. The highest BCUT2D eigenvalue weighted by molar-refractivity contribution is 9.10. The second-order valence-electron chi connectivity index (χ2n) is 4.12. The van der Waals surface area contributed by atoms with Gasteiger partial charge in [-0.1, -0.05) is 0 Å². The van der Waals surface area contributed by atoms with E-state index in [9.17, 15) is 9.18 Å². The molecular weight excluding hydrogens is 289 g/mol. The number of carbonyl (C=O) groups is 1. The maximum atomic E-state index is 13.3. The van der Waals surface area contributed by atoms with E-state index in [4.69, 9.17) is 0 Å². The molecule has 2 heterocycles. The van der Waals surface area contributed by atoms with E-state index in [1.165, 1.54) is 6.07 Å². The summed E-state index contributed by atoms with van der Waals surface area (Å²) in [6.45, 7) is 0. The van der Waals surface area contributed by atoms with Gasteiger partial charge in [-0.25, -0.2) is 9.37 Å². The molecule has 1 saturated carbocycles. The first-order chi connectivity index (χ1) is 8.13. The standard InChI is InChI=1S/C11H9BrFN3O/c12-7-4-16-5-9(14-10(16)3-8(7)13)15-11(17)6-1-2-6/h3-6H,1-2H2,(H,15,17). The molecule has 3 rings (SSSR count). The molecule has 17 heavy (non-hydrogen) atoms. The number of imidazole rings is 1. The summed E-state index contributed by atoms with van der Waals surface area (Å²) in [4.78, 5) is 15.7. The molecule has 2 aromatic rings. The van der Waals surface area contributed by atoms with Crippen molar-refractivity contribution in [1.82, 2.24) is 9.38 Å². The Morgan fingerprint density at radius 3 is 3.00 bits per heavy atom. The lowest BCUT2D eigenvalue weighted by atomic mass is 10.4. The number of amides is 1. The molecule has 1 aliphatic rings. The predicted molar refractivity (Wildman–Crippen MR) is 64.2 cm³/mol. The molecule has 6 heteroatoms. The summed E-state index contributed by atoms with van der Waals surface area (Å²) in [5, 5.41) is 2.72. The van der Waals surface area contributed by atoms with Crippen LogP contribution in [0.25, 0.3) is 5.65 Å². The minimum Gasteiger partial charge on any atom is -0.309 e. The van der Waals surface area contributed by atoms with E-state index in [2.05, 4.69) is 26.2 Å². The molecule has 0 bridgehead atoms. The van der Waals surface area contributed by atoms with Gasteiger partial charge >= 0.3 is 0 Å². The van der Waals surface area contributed by atoms with Crippen molar-refractivity contribution >= 4 is 33.3 Å². The highest BCUT2D eigenvalue weighted by Gasteiger charge is 2.29. The molecule has 0 atom stereocenters. The van der Waals surface area contributed by atoms with Crippen LogP contribution in [0.3, 0.4) is 0 Å². The molecule has 0 unspecified atom stereocenters. The minimum absolute atomic E-state index is 0.00653. The molecular formula is C11H9BrFN3O. The molecule has 0 radical (unpaired) electrons. The number of nitrogens with one attached hydrogen (secondary N) is 1. The zero-order chi connectivity index (χ0) is 12.0. The number of pyridine rings is 1. The Morgan fingerprint density at radius 2 is 2.29 bits per heavy atom. The molecule has 88 valence electrons. The van der Waals surface area contributed by atoms with E-state index in [1.807, 2.05) is 0 Å². The first-order valence-electron chi connectivity index (χ1n) is 5.28. The third-order valence-electron chi connectivity index (χ3n) is 2.70. The first-order valence-corrected chi connectivity index (χ1v) is 6.07. The van der Waals surface area contributed by atoms with Crippen molar-refractivity contribution in [3.63, 3.8) is 0 Å². The fraction of sp³-hybridized carbons (Fsp3) is 0.273. The van der Waals surface area contributed by atoms with E-state index < -0.39 is 0 Å². The lowest BCUT2D eigenvalue weighted by Gasteiger charge is -1.97. The number of fused-ring (bicyclic) bond motifs is 1. The maximum Gasteiger partial charge on any atom is 0.228 e. The Kier molecular flexibility index (Phi) is 2.39. The molecule has 1 fully saturated rings. The number of carbonyl (C=O) groups excluding carboxylic acids is 1. The number of aromatic nitrogens is 2. The highest BCUT2D eigenvalue weighted by atomic mass is 79.9. The van der Waals surface area contributed by atoms with Crippen LogP contribution in [-0.2, 0) is 4.79 Å². The van der Waals surface area contributed by atoms with Crippen molar-refractivity contribution in [2.24, 2.45) is 5.92 Å². The van der Waals surface area contributed by atoms with Crippen molar-refractivity contribution < 1.29 is 9.18 Å². The van der Waals surface area contributed by atoms with Crippen molar-refractivity contribution in [3.8, 4) is 0 Å². The van der Waals surface area contributed by atoms with Crippen LogP contribution in [0.2, 0.25) is 0 Å². The summed E-state index contributed by atoms with van der Waals surface area (Å²) in [6, 6.07) is 1.32. The molecule has 0 saturated heterocycles. The largest absolute Gasteiger partial charge is 0.309 e. The first kappa shape index (κ1) is 10.7. The van der Waals surface area contributed by atoms with Crippen molar-refractivity contribution in [1.29, 1.82) is 0 Å².